The second-order valence-corrected chi connectivity index (χ2v) is 5.44. The third kappa shape index (κ3) is 4.63. The standard InChI is InChI=1S/C13H17F3N2OS/c1-8(5-6-20-2)18-12(19)10-7-9(13(14,15)16)3-4-11(10)17/h3-4,7-8H,5-6,17H2,1-2H3,(H,18,19). The first-order chi connectivity index (χ1) is 9.25. The van der Waals surface area contributed by atoms with Gasteiger partial charge in [-0.25, -0.2) is 0 Å². The third-order valence-corrected chi connectivity index (χ3v) is 3.40. The number of benzene rings is 1. The van der Waals surface area contributed by atoms with E-state index in [4.69, 9.17) is 5.73 Å². The molecule has 0 fully saturated rings. The maximum Gasteiger partial charge on any atom is 0.416 e. The van der Waals surface area contributed by atoms with Crippen molar-refractivity contribution in [2.45, 2.75) is 25.6 Å². The number of amides is 1. The van der Waals surface area contributed by atoms with Crippen molar-refractivity contribution in [3.63, 3.8) is 0 Å². The Labute approximate surface area is 120 Å². The van der Waals surface area contributed by atoms with E-state index >= 15 is 0 Å². The summed E-state index contributed by atoms with van der Waals surface area (Å²) in [4.78, 5) is 12.0. The van der Waals surface area contributed by atoms with Gasteiger partial charge in [-0.05, 0) is 43.6 Å². The van der Waals surface area contributed by atoms with Gasteiger partial charge in [-0.15, -0.1) is 0 Å². The van der Waals surface area contributed by atoms with Crippen LogP contribution >= 0.6 is 11.8 Å². The van der Waals surface area contributed by atoms with E-state index in [1.54, 1.807) is 18.7 Å². The molecule has 0 aromatic heterocycles. The number of rotatable bonds is 5. The van der Waals surface area contributed by atoms with Crippen molar-refractivity contribution in [2.24, 2.45) is 0 Å². The Kier molecular flexibility index (Phi) is 5.74. The molecule has 1 aromatic carbocycles. The van der Waals surface area contributed by atoms with Crippen LogP contribution in [-0.4, -0.2) is 24.0 Å². The van der Waals surface area contributed by atoms with Gasteiger partial charge in [0.15, 0.2) is 0 Å². The highest BCUT2D eigenvalue weighted by Gasteiger charge is 2.31. The van der Waals surface area contributed by atoms with Gasteiger partial charge in [0.05, 0.1) is 11.1 Å². The van der Waals surface area contributed by atoms with E-state index in [0.29, 0.717) is 0 Å². The lowest BCUT2D eigenvalue weighted by atomic mass is 10.1. The third-order valence-electron chi connectivity index (χ3n) is 2.76. The lowest BCUT2D eigenvalue weighted by Crippen LogP contribution is -2.33. The number of thioether (sulfide) groups is 1. The van der Waals surface area contributed by atoms with E-state index in [0.717, 1.165) is 30.4 Å². The molecule has 0 heterocycles. The van der Waals surface area contributed by atoms with Crippen LogP contribution < -0.4 is 11.1 Å². The van der Waals surface area contributed by atoms with E-state index in [1.807, 2.05) is 6.26 Å². The molecular weight excluding hydrogens is 289 g/mol. The Balaban J connectivity index is 2.87. The Hall–Kier alpha value is -1.37. The van der Waals surface area contributed by atoms with Crippen LogP contribution in [-0.2, 0) is 6.18 Å². The van der Waals surface area contributed by atoms with Crippen molar-refractivity contribution < 1.29 is 18.0 Å². The molecule has 0 saturated heterocycles. The minimum atomic E-state index is -4.49. The summed E-state index contributed by atoms with van der Waals surface area (Å²) in [6.45, 7) is 1.80. The number of nitrogens with one attached hydrogen (secondary N) is 1. The topological polar surface area (TPSA) is 55.1 Å². The molecule has 1 amide bonds. The number of halogens is 3. The van der Waals surface area contributed by atoms with Crippen LogP contribution in [0.5, 0.6) is 0 Å². The van der Waals surface area contributed by atoms with E-state index in [9.17, 15) is 18.0 Å². The second kappa shape index (κ2) is 6.88. The lowest BCUT2D eigenvalue weighted by Gasteiger charge is -2.15. The molecule has 20 heavy (non-hydrogen) atoms. The van der Waals surface area contributed by atoms with E-state index in [-0.39, 0.29) is 17.3 Å². The number of hydrogen-bond donors (Lipinski definition) is 2. The smallest absolute Gasteiger partial charge is 0.398 e. The van der Waals surface area contributed by atoms with Gasteiger partial charge >= 0.3 is 6.18 Å². The molecule has 0 radical (unpaired) electrons. The molecule has 1 aromatic rings. The van der Waals surface area contributed by atoms with Crippen LogP contribution in [0.15, 0.2) is 18.2 Å². The molecule has 7 heteroatoms. The summed E-state index contributed by atoms with van der Waals surface area (Å²) in [6.07, 6.45) is -1.81. The predicted molar refractivity (Wildman–Crippen MR) is 75.8 cm³/mol. The molecule has 0 aliphatic heterocycles. The van der Waals surface area contributed by atoms with E-state index < -0.39 is 17.6 Å². The minimum absolute atomic E-state index is 0.0348. The predicted octanol–water partition coefficient (Wildman–Crippen LogP) is 3.16. The SMILES string of the molecule is CSCCC(C)NC(=O)c1cc(C(F)(F)F)ccc1N. The van der Waals surface area contributed by atoms with Crippen molar-refractivity contribution in [3.8, 4) is 0 Å². The van der Waals surface area contributed by atoms with Crippen molar-refractivity contribution in [1.29, 1.82) is 0 Å². The zero-order valence-corrected chi connectivity index (χ0v) is 12.1. The van der Waals surface area contributed by atoms with Crippen molar-refractivity contribution in [1.82, 2.24) is 5.32 Å². The molecule has 1 rings (SSSR count). The van der Waals surface area contributed by atoms with Gasteiger partial charge in [0.25, 0.3) is 5.91 Å². The summed E-state index contributed by atoms with van der Waals surface area (Å²) in [5.74, 6) is 0.279. The molecule has 0 aliphatic rings. The zero-order chi connectivity index (χ0) is 15.3. The molecule has 3 N–H and O–H groups in total. The first-order valence-electron chi connectivity index (χ1n) is 6.02. The number of nitrogens with two attached hydrogens (primary N) is 1. The fourth-order valence-electron chi connectivity index (χ4n) is 1.60. The molecule has 1 atom stereocenters. The first kappa shape index (κ1) is 16.7. The van der Waals surface area contributed by atoms with Crippen LogP contribution in [0.25, 0.3) is 0 Å². The van der Waals surface area contributed by atoms with Crippen molar-refractivity contribution in [2.75, 3.05) is 17.7 Å². The van der Waals surface area contributed by atoms with Gasteiger partial charge in [-0.2, -0.15) is 24.9 Å². The average Bonchev–Trinajstić information content (AvgIpc) is 2.35. The normalized spacial score (nSPS) is 13.1. The van der Waals surface area contributed by atoms with Crippen molar-refractivity contribution >= 4 is 23.4 Å². The molecule has 3 nitrogen and oxygen atoms in total. The van der Waals surface area contributed by atoms with Gasteiger partial charge in [0, 0.05) is 11.7 Å². The van der Waals surface area contributed by atoms with Gasteiger partial charge in [0.2, 0.25) is 0 Å². The summed E-state index contributed by atoms with van der Waals surface area (Å²) >= 11 is 1.64. The van der Waals surface area contributed by atoms with Crippen LogP contribution in [0.3, 0.4) is 0 Å². The molecule has 0 saturated carbocycles. The summed E-state index contributed by atoms with van der Waals surface area (Å²) in [5.41, 5.74) is 4.59. The maximum atomic E-state index is 12.6. The monoisotopic (exact) mass is 306 g/mol. The van der Waals surface area contributed by atoms with E-state index in [2.05, 4.69) is 5.32 Å². The van der Waals surface area contributed by atoms with Crippen LogP contribution in [0.4, 0.5) is 18.9 Å². The largest absolute Gasteiger partial charge is 0.416 e. The summed E-state index contributed by atoms with van der Waals surface area (Å²) in [5, 5.41) is 2.65. The van der Waals surface area contributed by atoms with Crippen molar-refractivity contribution in [3.05, 3.63) is 29.3 Å². The average molecular weight is 306 g/mol. The first-order valence-corrected chi connectivity index (χ1v) is 7.41. The Bertz CT molecular complexity index is 477. The highest BCUT2D eigenvalue weighted by atomic mass is 32.2. The molecule has 0 aliphatic carbocycles. The summed E-state index contributed by atoms with van der Waals surface area (Å²) < 4.78 is 37.9. The molecule has 0 bridgehead atoms. The van der Waals surface area contributed by atoms with E-state index in [1.165, 1.54) is 0 Å². The molecule has 112 valence electrons. The highest BCUT2D eigenvalue weighted by Crippen LogP contribution is 2.31. The zero-order valence-electron chi connectivity index (χ0n) is 11.3. The van der Waals surface area contributed by atoms with Gasteiger partial charge in [0.1, 0.15) is 0 Å². The van der Waals surface area contributed by atoms with Crippen LogP contribution in [0.1, 0.15) is 29.3 Å². The number of anilines is 1. The number of nitrogen functional groups attached to an aromatic ring is 1. The fourth-order valence-corrected chi connectivity index (χ4v) is 2.19. The number of carbonyl (C=O) groups excluding carboxylic acids is 1. The Morgan fingerprint density at radius 1 is 1.45 bits per heavy atom. The Morgan fingerprint density at radius 3 is 2.65 bits per heavy atom. The van der Waals surface area contributed by atoms with Gasteiger partial charge in [-0.3, -0.25) is 4.79 Å². The summed E-state index contributed by atoms with van der Waals surface area (Å²) in [6, 6.07) is 2.63. The fraction of sp³-hybridized carbons (Fsp3) is 0.462. The van der Waals surface area contributed by atoms with Crippen LogP contribution in [0, 0.1) is 0 Å². The second-order valence-electron chi connectivity index (χ2n) is 4.46. The maximum absolute atomic E-state index is 12.6. The lowest BCUT2D eigenvalue weighted by molar-refractivity contribution is -0.137. The molecule has 0 spiro atoms. The van der Waals surface area contributed by atoms with Gasteiger partial charge in [-0.1, -0.05) is 0 Å². The molecule has 1 unspecified atom stereocenters. The molecular formula is C13H17F3N2OS. The number of hydrogen-bond acceptors (Lipinski definition) is 3. The number of alkyl halides is 3. The summed E-state index contributed by atoms with van der Waals surface area (Å²) in [7, 11) is 0. The van der Waals surface area contributed by atoms with Crippen LogP contribution in [0.2, 0.25) is 0 Å². The quantitative estimate of drug-likeness (QED) is 0.822. The Morgan fingerprint density at radius 2 is 2.10 bits per heavy atom. The number of carbonyl (C=O) groups is 1. The minimum Gasteiger partial charge on any atom is -0.398 e. The highest BCUT2D eigenvalue weighted by molar-refractivity contribution is 7.98. The van der Waals surface area contributed by atoms with Gasteiger partial charge < -0.3 is 11.1 Å².